The van der Waals surface area contributed by atoms with E-state index in [1.54, 1.807) is 35.4 Å². The van der Waals surface area contributed by atoms with Crippen molar-refractivity contribution < 1.29 is 9.18 Å². The van der Waals surface area contributed by atoms with Crippen LogP contribution in [0.4, 0.5) is 4.39 Å². The predicted molar refractivity (Wildman–Crippen MR) is 86.2 cm³/mol. The molecule has 0 aliphatic rings. The molecule has 2 heterocycles. The lowest BCUT2D eigenvalue weighted by molar-refractivity contribution is -0.120. The molecule has 1 aromatic carbocycles. The summed E-state index contributed by atoms with van der Waals surface area (Å²) in [4.78, 5) is 20.7. The number of aromatic nitrogens is 4. The number of benzene rings is 1. The second kappa shape index (κ2) is 6.99. The van der Waals surface area contributed by atoms with Crippen LogP contribution in [0, 0.1) is 5.82 Å². The van der Waals surface area contributed by atoms with Gasteiger partial charge in [-0.25, -0.2) is 4.39 Å². The van der Waals surface area contributed by atoms with Crippen LogP contribution in [0.5, 0.6) is 0 Å². The standard InChI is InChI=1S/C17H16FN5O/c1-23-11-13(9-22-23)17-15(19-6-7-20-17)10-21-16(24)8-12-2-4-14(18)5-3-12/h2-7,9,11H,8,10H2,1H3,(H,21,24). The SMILES string of the molecule is Cn1cc(-c2nccnc2CNC(=O)Cc2ccc(F)cc2)cn1. The largest absolute Gasteiger partial charge is 0.350 e. The molecule has 0 saturated heterocycles. The van der Waals surface area contributed by atoms with Gasteiger partial charge in [0, 0.05) is 31.2 Å². The number of halogens is 1. The molecular weight excluding hydrogens is 309 g/mol. The fourth-order valence-electron chi connectivity index (χ4n) is 2.31. The van der Waals surface area contributed by atoms with Crippen LogP contribution in [0.15, 0.2) is 49.1 Å². The fourth-order valence-corrected chi connectivity index (χ4v) is 2.31. The molecule has 0 aliphatic heterocycles. The number of carbonyl (C=O) groups is 1. The van der Waals surface area contributed by atoms with E-state index in [4.69, 9.17) is 0 Å². The van der Waals surface area contributed by atoms with Gasteiger partial charge >= 0.3 is 0 Å². The van der Waals surface area contributed by atoms with Crippen LogP contribution in [-0.4, -0.2) is 25.7 Å². The van der Waals surface area contributed by atoms with Gasteiger partial charge in [0.2, 0.25) is 5.91 Å². The molecular formula is C17H16FN5O. The number of rotatable bonds is 5. The van der Waals surface area contributed by atoms with Gasteiger partial charge in [-0.1, -0.05) is 12.1 Å². The zero-order chi connectivity index (χ0) is 16.9. The highest BCUT2D eigenvalue weighted by Gasteiger charge is 2.11. The molecule has 0 unspecified atom stereocenters. The Bertz CT molecular complexity index is 844. The summed E-state index contributed by atoms with van der Waals surface area (Å²) in [5, 5.41) is 6.94. The van der Waals surface area contributed by atoms with E-state index in [2.05, 4.69) is 20.4 Å². The molecule has 6 nitrogen and oxygen atoms in total. The molecule has 0 aliphatic carbocycles. The first kappa shape index (κ1) is 15.8. The van der Waals surface area contributed by atoms with E-state index in [0.717, 1.165) is 11.1 Å². The molecule has 2 aromatic heterocycles. The van der Waals surface area contributed by atoms with E-state index in [1.807, 2.05) is 13.2 Å². The molecule has 7 heteroatoms. The summed E-state index contributed by atoms with van der Waals surface area (Å²) in [6, 6.07) is 5.87. The Balaban J connectivity index is 1.66. The van der Waals surface area contributed by atoms with Crippen molar-refractivity contribution in [3.8, 4) is 11.3 Å². The van der Waals surface area contributed by atoms with Crippen LogP contribution in [-0.2, 0) is 24.8 Å². The van der Waals surface area contributed by atoms with Gasteiger partial charge in [-0.05, 0) is 17.7 Å². The molecule has 1 N–H and O–H groups in total. The molecule has 0 saturated carbocycles. The Hall–Kier alpha value is -3.09. The maximum Gasteiger partial charge on any atom is 0.224 e. The van der Waals surface area contributed by atoms with E-state index in [-0.39, 0.29) is 24.7 Å². The summed E-state index contributed by atoms with van der Waals surface area (Å²) in [6.45, 7) is 0.262. The summed E-state index contributed by atoms with van der Waals surface area (Å²) in [7, 11) is 1.82. The average Bonchev–Trinajstić information content (AvgIpc) is 3.02. The van der Waals surface area contributed by atoms with Crippen molar-refractivity contribution in [3.05, 3.63) is 66.1 Å². The van der Waals surface area contributed by atoms with Crippen molar-refractivity contribution in [3.63, 3.8) is 0 Å². The Labute approximate surface area is 138 Å². The lowest BCUT2D eigenvalue weighted by Crippen LogP contribution is -2.25. The maximum atomic E-state index is 12.9. The van der Waals surface area contributed by atoms with Gasteiger partial charge in [-0.2, -0.15) is 5.10 Å². The summed E-state index contributed by atoms with van der Waals surface area (Å²) in [6.07, 6.45) is 6.91. The molecule has 0 atom stereocenters. The van der Waals surface area contributed by atoms with Crippen molar-refractivity contribution >= 4 is 5.91 Å². The summed E-state index contributed by atoms with van der Waals surface area (Å²) in [5.74, 6) is -0.482. The number of hydrogen-bond donors (Lipinski definition) is 1. The number of nitrogens with one attached hydrogen (secondary N) is 1. The Kier molecular flexibility index (Phi) is 4.60. The zero-order valence-electron chi connectivity index (χ0n) is 13.1. The number of hydrogen-bond acceptors (Lipinski definition) is 4. The highest BCUT2D eigenvalue weighted by atomic mass is 19.1. The molecule has 24 heavy (non-hydrogen) atoms. The van der Waals surface area contributed by atoms with E-state index < -0.39 is 0 Å². The van der Waals surface area contributed by atoms with Gasteiger partial charge in [-0.3, -0.25) is 19.4 Å². The Morgan fingerprint density at radius 3 is 2.67 bits per heavy atom. The minimum atomic E-state index is -0.320. The molecule has 1 amide bonds. The molecule has 0 bridgehead atoms. The topological polar surface area (TPSA) is 72.7 Å². The van der Waals surface area contributed by atoms with Gasteiger partial charge in [-0.15, -0.1) is 0 Å². The fraction of sp³-hybridized carbons (Fsp3) is 0.176. The van der Waals surface area contributed by atoms with Crippen LogP contribution in [0.2, 0.25) is 0 Å². The van der Waals surface area contributed by atoms with Gasteiger partial charge in [0.25, 0.3) is 0 Å². The minimum absolute atomic E-state index is 0.163. The van der Waals surface area contributed by atoms with Crippen LogP contribution in [0.3, 0.4) is 0 Å². The zero-order valence-corrected chi connectivity index (χ0v) is 13.1. The second-order valence-electron chi connectivity index (χ2n) is 5.33. The third-order valence-electron chi connectivity index (χ3n) is 3.48. The molecule has 3 rings (SSSR count). The molecule has 3 aromatic rings. The number of amides is 1. The first-order chi connectivity index (χ1) is 11.6. The van der Waals surface area contributed by atoms with Crippen LogP contribution >= 0.6 is 0 Å². The molecule has 0 spiro atoms. The highest BCUT2D eigenvalue weighted by Crippen LogP contribution is 2.18. The number of nitrogens with zero attached hydrogens (tertiary/aromatic N) is 4. The third-order valence-corrected chi connectivity index (χ3v) is 3.48. The van der Waals surface area contributed by atoms with Crippen molar-refractivity contribution in [1.82, 2.24) is 25.1 Å². The van der Waals surface area contributed by atoms with E-state index in [1.165, 1.54) is 12.1 Å². The molecule has 0 radical (unpaired) electrons. The maximum absolute atomic E-state index is 12.9. The quantitative estimate of drug-likeness (QED) is 0.777. The van der Waals surface area contributed by atoms with Gasteiger partial charge < -0.3 is 5.32 Å². The van der Waals surface area contributed by atoms with E-state index in [9.17, 15) is 9.18 Å². The lowest BCUT2D eigenvalue weighted by Gasteiger charge is -2.08. The van der Waals surface area contributed by atoms with Crippen molar-refractivity contribution in [2.24, 2.45) is 7.05 Å². The van der Waals surface area contributed by atoms with E-state index >= 15 is 0 Å². The average molecular weight is 325 g/mol. The van der Waals surface area contributed by atoms with Gasteiger partial charge in [0.1, 0.15) is 5.82 Å². The van der Waals surface area contributed by atoms with Crippen molar-refractivity contribution in [1.29, 1.82) is 0 Å². The summed E-state index contributed by atoms with van der Waals surface area (Å²) >= 11 is 0. The third kappa shape index (κ3) is 3.81. The lowest BCUT2D eigenvalue weighted by atomic mass is 10.1. The number of carbonyl (C=O) groups excluding carboxylic acids is 1. The first-order valence-corrected chi connectivity index (χ1v) is 7.42. The predicted octanol–water partition coefficient (Wildman–Crippen LogP) is 1.88. The normalized spacial score (nSPS) is 10.6. The van der Waals surface area contributed by atoms with Gasteiger partial charge in [0.05, 0.1) is 30.6 Å². The van der Waals surface area contributed by atoms with Crippen LogP contribution < -0.4 is 5.32 Å². The second-order valence-corrected chi connectivity index (χ2v) is 5.33. The minimum Gasteiger partial charge on any atom is -0.350 e. The summed E-state index contributed by atoms with van der Waals surface area (Å²) in [5.41, 5.74) is 2.94. The Morgan fingerprint density at radius 1 is 1.21 bits per heavy atom. The monoisotopic (exact) mass is 325 g/mol. The van der Waals surface area contributed by atoms with Crippen LogP contribution in [0.1, 0.15) is 11.3 Å². The van der Waals surface area contributed by atoms with Crippen molar-refractivity contribution in [2.45, 2.75) is 13.0 Å². The van der Waals surface area contributed by atoms with E-state index in [0.29, 0.717) is 11.4 Å². The molecule has 0 fully saturated rings. The van der Waals surface area contributed by atoms with Gasteiger partial charge in [0.15, 0.2) is 0 Å². The van der Waals surface area contributed by atoms with Crippen LogP contribution in [0.25, 0.3) is 11.3 Å². The Morgan fingerprint density at radius 2 is 1.96 bits per heavy atom. The first-order valence-electron chi connectivity index (χ1n) is 7.42. The smallest absolute Gasteiger partial charge is 0.224 e. The number of aryl methyl sites for hydroxylation is 1. The van der Waals surface area contributed by atoms with Crippen molar-refractivity contribution in [2.75, 3.05) is 0 Å². The highest BCUT2D eigenvalue weighted by molar-refractivity contribution is 5.78. The summed E-state index contributed by atoms with van der Waals surface area (Å²) < 4.78 is 14.6. The molecule has 122 valence electrons.